The number of nitro benzene ring substituents is 1. The maximum Gasteiger partial charge on any atom is 0.269 e. The Morgan fingerprint density at radius 2 is 2.06 bits per heavy atom. The highest BCUT2D eigenvalue weighted by molar-refractivity contribution is 5.82. The van der Waals surface area contributed by atoms with Gasteiger partial charge in [-0.2, -0.15) is 0 Å². The number of hydrogen-bond donors (Lipinski definition) is 1. The number of carbonyl (C=O) groups is 1. The summed E-state index contributed by atoms with van der Waals surface area (Å²) in [6, 6.07) is 5.55. The standard InChI is InChI=1S/C12H13NO5/c14-11-5-6-18-7-10(11)12(15)8-1-3-9(4-2-8)13(16)17/h1-4,10,12,15H,5-7H2/t10-,12+/m1/s1. The second-order valence-electron chi connectivity index (χ2n) is 4.19. The highest BCUT2D eigenvalue weighted by atomic mass is 16.6. The van der Waals surface area contributed by atoms with Crippen LogP contribution in [0.25, 0.3) is 0 Å². The first-order chi connectivity index (χ1) is 8.59. The average Bonchev–Trinajstić information content (AvgIpc) is 2.38. The molecule has 0 amide bonds. The molecule has 1 aliphatic rings. The summed E-state index contributed by atoms with van der Waals surface area (Å²) in [6.45, 7) is 0.583. The van der Waals surface area contributed by atoms with Gasteiger partial charge < -0.3 is 9.84 Å². The van der Waals surface area contributed by atoms with Crippen molar-refractivity contribution in [2.45, 2.75) is 12.5 Å². The van der Waals surface area contributed by atoms with Crippen LogP contribution in [0.15, 0.2) is 24.3 Å². The van der Waals surface area contributed by atoms with E-state index in [1.54, 1.807) is 0 Å². The van der Waals surface area contributed by atoms with Crippen LogP contribution in [0.2, 0.25) is 0 Å². The fourth-order valence-electron chi connectivity index (χ4n) is 1.95. The van der Waals surface area contributed by atoms with Gasteiger partial charge in [-0.3, -0.25) is 14.9 Å². The quantitative estimate of drug-likeness (QED) is 0.644. The van der Waals surface area contributed by atoms with Crippen LogP contribution >= 0.6 is 0 Å². The van der Waals surface area contributed by atoms with Gasteiger partial charge in [0, 0.05) is 18.6 Å². The molecule has 0 unspecified atom stereocenters. The molecule has 6 nitrogen and oxygen atoms in total. The van der Waals surface area contributed by atoms with E-state index in [2.05, 4.69) is 0 Å². The Balaban J connectivity index is 2.15. The molecule has 1 N–H and O–H groups in total. The summed E-state index contributed by atoms with van der Waals surface area (Å²) in [5.41, 5.74) is 0.446. The van der Waals surface area contributed by atoms with Gasteiger partial charge in [0.15, 0.2) is 0 Å². The molecule has 1 aliphatic heterocycles. The van der Waals surface area contributed by atoms with Crippen LogP contribution in [-0.4, -0.2) is 29.0 Å². The third kappa shape index (κ3) is 2.55. The summed E-state index contributed by atoms with van der Waals surface area (Å²) in [7, 11) is 0. The number of carbonyl (C=O) groups excluding carboxylic acids is 1. The van der Waals surface area contributed by atoms with Crippen LogP contribution < -0.4 is 0 Å². The zero-order valence-electron chi connectivity index (χ0n) is 9.61. The first-order valence-electron chi connectivity index (χ1n) is 5.62. The number of aliphatic hydroxyl groups is 1. The molecule has 96 valence electrons. The Kier molecular flexibility index (Phi) is 3.69. The van der Waals surface area contributed by atoms with Crippen LogP contribution in [0, 0.1) is 16.0 Å². The topological polar surface area (TPSA) is 89.7 Å². The minimum atomic E-state index is -0.974. The van der Waals surface area contributed by atoms with E-state index in [1.807, 2.05) is 0 Å². The van der Waals surface area contributed by atoms with Gasteiger partial charge in [-0.1, -0.05) is 0 Å². The molecular weight excluding hydrogens is 238 g/mol. The highest BCUT2D eigenvalue weighted by Gasteiger charge is 2.30. The molecule has 0 bridgehead atoms. The van der Waals surface area contributed by atoms with Crippen molar-refractivity contribution < 1.29 is 19.6 Å². The molecule has 18 heavy (non-hydrogen) atoms. The van der Waals surface area contributed by atoms with Crippen molar-refractivity contribution in [3.8, 4) is 0 Å². The number of benzene rings is 1. The minimum absolute atomic E-state index is 0.0351. The lowest BCUT2D eigenvalue weighted by molar-refractivity contribution is -0.384. The second kappa shape index (κ2) is 5.24. The third-order valence-corrected chi connectivity index (χ3v) is 3.03. The summed E-state index contributed by atoms with van der Waals surface area (Å²) >= 11 is 0. The SMILES string of the molecule is O=C1CCOC[C@H]1[C@@H](O)c1ccc([N+](=O)[O-])cc1. The molecule has 2 atom stereocenters. The first kappa shape index (κ1) is 12.7. The molecule has 1 heterocycles. The molecule has 1 fully saturated rings. The molecule has 0 saturated carbocycles. The molecular formula is C12H13NO5. The maximum atomic E-state index is 11.6. The van der Waals surface area contributed by atoms with Crippen LogP contribution in [0.3, 0.4) is 0 Å². The number of aliphatic hydroxyl groups excluding tert-OH is 1. The Bertz CT molecular complexity index is 456. The minimum Gasteiger partial charge on any atom is -0.388 e. The van der Waals surface area contributed by atoms with Gasteiger partial charge in [0.25, 0.3) is 5.69 Å². The fraction of sp³-hybridized carbons (Fsp3) is 0.417. The molecule has 0 aliphatic carbocycles. The number of Topliss-reactive ketones (excluding diaryl/α,β-unsaturated/α-hetero) is 1. The van der Waals surface area contributed by atoms with E-state index in [1.165, 1.54) is 24.3 Å². The Morgan fingerprint density at radius 3 is 2.61 bits per heavy atom. The summed E-state index contributed by atoms with van der Waals surface area (Å²) in [5, 5.41) is 20.6. The molecule has 1 aromatic carbocycles. The van der Waals surface area contributed by atoms with Crippen LogP contribution in [-0.2, 0) is 9.53 Å². The fourth-order valence-corrected chi connectivity index (χ4v) is 1.95. The van der Waals surface area contributed by atoms with Crippen molar-refractivity contribution >= 4 is 11.5 Å². The van der Waals surface area contributed by atoms with Crippen molar-refractivity contribution in [2.75, 3.05) is 13.2 Å². The number of hydrogen-bond acceptors (Lipinski definition) is 5. The van der Waals surface area contributed by atoms with Crippen molar-refractivity contribution in [3.05, 3.63) is 39.9 Å². The predicted octanol–water partition coefficient (Wildman–Crippen LogP) is 1.23. The molecule has 0 aromatic heterocycles. The van der Waals surface area contributed by atoms with Crippen LogP contribution in [0.1, 0.15) is 18.1 Å². The number of ketones is 1. The van der Waals surface area contributed by atoms with Crippen molar-refractivity contribution in [3.63, 3.8) is 0 Å². The molecule has 2 rings (SSSR count). The van der Waals surface area contributed by atoms with Crippen LogP contribution in [0.4, 0.5) is 5.69 Å². The number of ether oxygens (including phenoxy) is 1. The van der Waals surface area contributed by atoms with E-state index in [-0.39, 0.29) is 18.1 Å². The van der Waals surface area contributed by atoms with E-state index in [9.17, 15) is 20.0 Å². The molecule has 0 spiro atoms. The first-order valence-corrected chi connectivity index (χ1v) is 5.62. The Morgan fingerprint density at radius 1 is 1.39 bits per heavy atom. The summed E-state index contributed by atoms with van der Waals surface area (Å²) < 4.78 is 5.17. The number of rotatable bonds is 3. The van der Waals surface area contributed by atoms with Gasteiger partial charge in [0.1, 0.15) is 5.78 Å². The number of nitro groups is 1. The van der Waals surface area contributed by atoms with Crippen molar-refractivity contribution in [2.24, 2.45) is 5.92 Å². The van der Waals surface area contributed by atoms with E-state index < -0.39 is 16.9 Å². The van der Waals surface area contributed by atoms with Gasteiger partial charge >= 0.3 is 0 Å². The molecule has 0 radical (unpaired) electrons. The lowest BCUT2D eigenvalue weighted by Gasteiger charge is -2.25. The smallest absolute Gasteiger partial charge is 0.269 e. The van der Waals surface area contributed by atoms with Crippen molar-refractivity contribution in [1.29, 1.82) is 0 Å². The second-order valence-corrected chi connectivity index (χ2v) is 4.19. The van der Waals surface area contributed by atoms with E-state index in [4.69, 9.17) is 4.74 Å². The van der Waals surface area contributed by atoms with E-state index in [0.717, 1.165) is 0 Å². The summed E-state index contributed by atoms with van der Waals surface area (Å²) in [5.74, 6) is -0.618. The van der Waals surface area contributed by atoms with Gasteiger partial charge in [-0.15, -0.1) is 0 Å². The lowest BCUT2D eigenvalue weighted by Crippen LogP contribution is -2.32. The zero-order chi connectivity index (χ0) is 13.1. The van der Waals surface area contributed by atoms with Gasteiger partial charge in [0.2, 0.25) is 0 Å². The van der Waals surface area contributed by atoms with E-state index in [0.29, 0.717) is 18.6 Å². The molecule has 6 heteroatoms. The third-order valence-electron chi connectivity index (χ3n) is 3.03. The molecule has 1 aromatic rings. The van der Waals surface area contributed by atoms with E-state index >= 15 is 0 Å². The molecule has 1 saturated heterocycles. The van der Waals surface area contributed by atoms with Crippen LogP contribution in [0.5, 0.6) is 0 Å². The largest absolute Gasteiger partial charge is 0.388 e. The highest BCUT2D eigenvalue weighted by Crippen LogP contribution is 2.27. The Hall–Kier alpha value is -1.79. The number of nitrogens with zero attached hydrogens (tertiary/aromatic N) is 1. The lowest BCUT2D eigenvalue weighted by atomic mass is 9.90. The Labute approximate surface area is 103 Å². The normalized spacial score (nSPS) is 21.6. The monoisotopic (exact) mass is 251 g/mol. The average molecular weight is 251 g/mol. The zero-order valence-corrected chi connectivity index (χ0v) is 9.61. The maximum absolute atomic E-state index is 11.6. The van der Waals surface area contributed by atoms with Crippen molar-refractivity contribution in [1.82, 2.24) is 0 Å². The van der Waals surface area contributed by atoms with Gasteiger partial charge in [-0.05, 0) is 17.7 Å². The predicted molar refractivity (Wildman–Crippen MR) is 62.0 cm³/mol. The summed E-state index contributed by atoms with van der Waals surface area (Å²) in [6.07, 6.45) is -0.673. The summed E-state index contributed by atoms with van der Waals surface area (Å²) in [4.78, 5) is 21.6. The number of non-ortho nitro benzene ring substituents is 1. The van der Waals surface area contributed by atoms with Gasteiger partial charge in [-0.25, -0.2) is 0 Å². The van der Waals surface area contributed by atoms with Gasteiger partial charge in [0.05, 0.1) is 30.2 Å².